The van der Waals surface area contributed by atoms with Crippen LogP contribution in [0.5, 0.6) is 0 Å². The van der Waals surface area contributed by atoms with Crippen molar-refractivity contribution in [2.45, 2.75) is 13.1 Å². The number of hydrogen-bond acceptors (Lipinski definition) is 3. The van der Waals surface area contributed by atoms with Gasteiger partial charge in [-0.15, -0.1) is 0 Å². The number of benzene rings is 1. The van der Waals surface area contributed by atoms with Gasteiger partial charge in [-0.3, -0.25) is 9.78 Å². The third-order valence-corrected chi connectivity index (χ3v) is 3.71. The van der Waals surface area contributed by atoms with E-state index in [1.54, 1.807) is 31.5 Å². The summed E-state index contributed by atoms with van der Waals surface area (Å²) in [6, 6.07) is 9.88. The number of allylic oxidation sites excluding steroid dienone is 1. The van der Waals surface area contributed by atoms with Gasteiger partial charge in [-0.05, 0) is 36.2 Å². The van der Waals surface area contributed by atoms with Gasteiger partial charge in [-0.2, -0.15) is 13.2 Å². The van der Waals surface area contributed by atoms with Crippen LogP contribution in [0.2, 0.25) is 0 Å². The number of pyridine rings is 2. The minimum absolute atomic E-state index is 0.160. The van der Waals surface area contributed by atoms with E-state index in [2.05, 4.69) is 15.3 Å². The number of carbonyl (C=O) groups excluding carboxylic acids is 1. The van der Waals surface area contributed by atoms with E-state index in [4.69, 9.17) is 0 Å². The van der Waals surface area contributed by atoms with Crippen molar-refractivity contribution in [1.82, 2.24) is 9.97 Å². The number of anilines is 1. The van der Waals surface area contributed by atoms with Gasteiger partial charge in [0.25, 0.3) is 5.91 Å². The normalized spacial score (nSPS) is 11.8. The number of aryl methyl sites for hydroxylation is 1. The van der Waals surface area contributed by atoms with Gasteiger partial charge in [0.1, 0.15) is 5.52 Å². The summed E-state index contributed by atoms with van der Waals surface area (Å²) in [5.74, 6) is -0.0759. The second kappa shape index (κ2) is 6.95. The molecule has 2 aromatic heterocycles. The molecule has 0 saturated heterocycles. The zero-order chi connectivity index (χ0) is 18.7. The number of rotatable bonds is 3. The van der Waals surface area contributed by atoms with E-state index in [9.17, 15) is 18.0 Å². The van der Waals surface area contributed by atoms with Crippen LogP contribution in [0.15, 0.2) is 54.9 Å². The maximum atomic E-state index is 12.5. The quantitative estimate of drug-likeness (QED) is 0.735. The first-order chi connectivity index (χ1) is 12.3. The molecule has 0 atom stereocenters. The first-order valence-electron chi connectivity index (χ1n) is 7.71. The van der Waals surface area contributed by atoms with E-state index in [0.717, 1.165) is 11.5 Å². The van der Waals surface area contributed by atoms with Crippen molar-refractivity contribution in [1.29, 1.82) is 0 Å². The first-order valence-corrected chi connectivity index (χ1v) is 7.71. The van der Waals surface area contributed by atoms with Crippen molar-refractivity contribution in [3.05, 3.63) is 71.6 Å². The van der Waals surface area contributed by atoms with Crippen LogP contribution in [0.3, 0.4) is 0 Å². The molecule has 132 valence electrons. The first kappa shape index (κ1) is 17.6. The van der Waals surface area contributed by atoms with Crippen LogP contribution in [-0.2, 0) is 0 Å². The Morgan fingerprint density at radius 1 is 1.12 bits per heavy atom. The summed E-state index contributed by atoms with van der Waals surface area (Å²) in [5.41, 5.74) is 1.83. The summed E-state index contributed by atoms with van der Waals surface area (Å²) in [4.78, 5) is 20.9. The van der Waals surface area contributed by atoms with Gasteiger partial charge in [0.2, 0.25) is 0 Å². The lowest BCUT2D eigenvalue weighted by Crippen LogP contribution is -2.15. The molecule has 1 N–H and O–H groups in total. The molecule has 4 nitrogen and oxygen atoms in total. The molecule has 2 heterocycles. The van der Waals surface area contributed by atoms with Crippen LogP contribution in [0.25, 0.3) is 17.0 Å². The van der Waals surface area contributed by atoms with Crippen molar-refractivity contribution < 1.29 is 18.0 Å². The van der Waals surface area contributed by atoms with Crippen LogP contribution < -0.4 is 5.32 Å². The summed E-state index contributed by atoms with van der Waals surface area (Å²) in [6.07, 6.45) is -0.0841. The Labute approximate surface area is 147 Å². The average molecular weight is 357 g/mol. The molecule has 0 bridgehead atoms. The van der Waals surface area contributed by atoms with Crippen molar-refractivity contribution in [3.63, 3.8) is 0 Å². The van der Waals surface area contributed by atoms with Gasteiger partial charge in [0.05, 0.1) is 0 Å². The number of nitrogens with one attached hydrogen (secondary N) is 1. The van der Waals surface area contributed by atoms with E-state index in [-0.39, 0.29) is 6.08 Å². The molecule has 0 saturated carbocycles. The molecule has 26 heavy (non-hydrogen) atoms. The number of aromatic nitrogens is 2. The fraction of sp³-hybridized carbons (Fsp3) is 0.105. The second-order valence-electron chi connectivity index (χ2n) is 5.64. The minimum atomic E-state index is -4.38. The monoisotopic (exact) mass is 357 g/mol. The average Bonchev–Trinajstić information content (AvgIpc) is 2.59. The molecule has 0 unspecified atom stereocenters. The fourth-order valence-corrected chi connectivity index (χ4v) is 2.51. The molecule has 1 amide bonds. The molecule has 3 aromatic rings. The molecule has 0 aliphatic rings. The molecule has 0 spiro atoms. The Bertz CT molecular complexity index is 991. The van der Waals surface area contributed by atoms with Gasteiger partial charge in [-0.25, -0.2) is 4.98 Å². The lowest BCUT2D eigenvalue weighted by Gasteiger charge is -2.09. The smallest absolute Gasteiger partial charge is 0.305 e. The lowest BCUT2D eigenvalue weighted by molar-refractivity contribution is -0.0790. The van der Waals surface area contributed by atoms with E-state index >= 15 is 0 Å². The van der Waals surface area contributed by atoms with Crippen molar-refractivity contribution in [2.75, 3.05) is 5.32 Å². The van der Waals surface area contributed by atoms with Gasteiger partial charge in [-0.1, -0.05) is 24.3 Å². The van der Waals surface area contributed by atoms with E-state index in [0.29, 0.717) is 28.0 Å². The Kier molecular flexibility index (Phi) is 4.71. The summed E-state index contributed by atoms with van der Waals surface area (Å²) in [6.45, 7) is 1.66. The molecule has 3 rings (SSSR count). The Hall–Kier alpha value is -3.22. The topological polar surface area (TPSA) is 54.9 Å². The molecule has 0 radical (unpaired) electrons. The zero-order valence-corrected chi connectivity index (χ0v) is 13.7. The second-order valence-corrected chi connectivity index (χ2v) is 5.64. The molecule has 0 aliphatic carbocycles. The largest absolute Gasteiger partial charge is 0.409 e. The third-order valence-electron chi connectivity index (χ3n) is 3.71. The zero-order valence-electron chi connectivity index (χ0n) is 13.7. The number of carbonyl (C=O) groups is 1. The summed E-state index contributed by atoms with van der Waals surface area (Å²) < 4.78 is 36.8. The van der Waals surface area contributed by atoms with E-state index < -0.39 is 12.1 Å². The van der Waals surface area contributed by atoms with E-state index in [1.807, 2.05) is 6.07 Å². The fourth-order valence-electron chi connectivity index (χ4n) is 2.51. The van der Waals surface area contributed by atoms with Gasteiger partial charge in [0.15, 0.2) is 5.82 Å². The minimum Gasteiger partial charge on any atom is -0.305 e. The Morgan fingerprint density at radius 3 is 2.65 bits per heavy atom. The number of hydrogen-bond donors (Lipinski definition) is 1. The Balaban J connectivity index is 1.85. The van der Waals surface area contributed by atoms with Crippen LogP contribution in [-0.4, -0.2) is 22.1 Å². The Morgan fingerprint density at radius 2 is 1.92 bits per heavy atom. The predicted octanol–water partition coefficient (Wildman–Crippen LogP) is 4.77. The van der Waals surface area contributed by atoms with Gasteiger partial charge >= 0.3 is 6.18 Å². The van der Waals surface area contributed by atoms with E-state index in [1.165, 1.54) is 18.2 Å². The third kappa shape index (κ3) is 4.05. The molecule has 0 fully saturated rings. The number of fused-ring (bicyclic) bond motifs is 1. The number of halogens is 3. The van der Waals surface area contributed by atoms with Crippen molar-refractivity contribution in [3.8, 4) is 0 Å². The number of alkyl halides is 3. The van der Waals surface area contributed by atoms with Crippen LogP contribution in [0.1, 0.15) is 21.5 Å². The highest BCUT2D eigenvalue weighted by molar-refractivity contribution is 6.08. The lowest BCUT2D eigenvalue weighted by atomic mass is 10.0. The molecular weight excluding hydrogens is 343 g/mol. The maximum Gasteiger partial charge on any atom is 0.409 e. The van der Waals surface area contributed by atoms with Crippen molar-refractivity contribution in [2.24, 2.45) is 0 Å². The highest BCUT2D eigenvalue weighted by Gasteiger charge is 2.21. The van der Waals surface area contributed by atoms with Crippen molar-refractivity contribution >= 4 is 28.7 Å². The van der Waals surface area contributed by atoms with Crippen LogP contribution in [0.4, 0.5) is 19.0 Å². The highest BCUT2D eigenvalue weighted by atomic mass is 19.4. The van der Waals surface area contributed by atoms with Crippen LogP contribution in [0, 0.1) is 6.92 Å². The summed E-state index contributed by atoms with van der Waals surface area (Å²) in [7, 11) is 0. The van der Waals surface area contributed by atoms with Gasteiger partial charge < -0.3 is 5.32 Å². The summed E-state index contributed by atoms with van der Waals surface area (Å²) >= 11 is 0. The molecule has 7 heteroatoms. The predicted molar refractivity (Wildman–Crippen MR) is 93.8 cm³/mol. The number of amides is 1. The molecule has 1 aromatic carbocycles. The maximum absolute atomic E-state index is 12.5. The molecule has 0 aliphatic heterocycles. The number of nitrogens with zero attached hydrogens (tertiary/aromatic N) is 2. The SMILES string of the molecule is Cc1cc(C=CC(F)(F)F)ccc1C(=O)Nc1nccc2cccnc12. The molecular formula is C19H14F3N3O. The summed E-state index contributed by atoms with van der Waals surface area (Å²) in [5, 5.41) is 3.54. The standard InChI is InChI=1S/C19H14F3N3O/c1-12-11-13(6-8-19(20,21)22)4-5-15(12)18(26)25-17-16-14(7-10-24-17)3-2-9-23-16/h2-11H,1H3,(H,24,25,26). The van der Waals surface area contributed by atoms with Crippen LogP contribution >= 0.6 is 0 Å². The van der Waals surface area contributed by atoms with Gasteiger partial charge in [0, 0.05) is 29.4 Å². The highest BCUT2D eigenvalue weighted by Crippen LogP contribution is 2.21.